The Hall–Kier alpha value is -2.77. The Labute approximate surface area is 120 Å². The summed E-state index contributed by atoms with van der Waals surface area (Å²) in [6.07, 6.45) is 0.653. The maximum atomic E-state index is 12.0. The number of aromatic amines is 1. The quantitative estimate of drug-likeness (QED) is 0.643. The summed E-state index contributed by atoms with van der Waals surface area (Å²) in [6.45, 7) is 3.64. The molecule has 1 amide bonds. The Morgan fingerprint density at radius 2 is 2.29 bits per heavy atom. The van der Waals surface area contributed by atoms with Crippen LogP contribution in [-0.2, 0) is 6.42 Å². The lowest BCUT2D eigenvalue weighted by atomic mass is 10.1. The van der Waals surface area contributed by atoms with Crippen LogP contribution in [0.15, 0.2) is 24.3 Å². The number of nitrogens with zero attached hydrogens (tertiary/aromatic N) is 3. The van der Waals surface area contributed by atoms with E-state index < -0.39 is 10.8 Å². The predicted molar refractivity (Wildman–Crippen MR) is 74.7 cm³/mol. The Balaban J connectivity index is 2.10. The van der Waals surface area contributed by atoms with E-state index in [9.17, 15) is 14.9 Å². The number of nitro benzene ring substituents is 1. The Morgan fingerprint density at radius 1 is 1.52 bits per heavy atom. The van der Waals surface area contributed by atoms with E-state index in [1.54, 1.807) is 19.1 Å². The van der Waals surface area contributed by atoms with Crippen LogP contribution in [0, 0.1) is 10.1 Å². The van der Waals surface area contributed by atoms with Crippen LogP contribution in [0.5, 0.6) is 0 Å². The molecule has 0 spiro atoms. The van der Waals surface area contributed by atoms with Gasteiger partial charge in [-0.05, 0) is 12.5 Å². The van der Waals surface area contributed by atoms with Crippen LogP contribution in [0.25, 0.3) is 0 Å². The third-order valence-electron chi connectivity index (χ3n) is 3.00. The number of nitro groups is 1. The zero-order chi connectivity index (χ0) is 15.4. The van der Waals surface area contributed by atoms with E-state index in [4.69, 9.17) is 0 Å². The van der Waals surface area contributed by atoms with Crippen molar-refractivity contribution in [2.24, 2.45) is 0 Å². The molecular weight excluding hydrogens is 274 g/mol. The van der Waals surface area contributed by atoms with Gasteiger partial charge in [0.05, 0.1) is 11.0 Å². The summed E-state index contributed by atoms with van der Waals surface area (Å²) >= 11 is 0. The molecule has 1 aromatic carbocycles. The number of hydrogen-bond donors (Lipinski definition) is 2. The molecule has 0 fully saturated rings. The minimum atomic E-state index is -0.471. The van der Waals surface area contributed by atoms with Gasteiger partial charge in [-0.3, -0.25) is 20.0 Å². The fourth-order valence-corrected chi connectivity index (χ4v) is 1.81. The van der Waals surface area contributed by atoms with Gasteiger partial charge in [-0.25, -0.2) is 4.98 Å². The number of rotatable bonds is 5. The molecule has 0 saturated carbocycles. The van der Waals surface area contributed by atoms with Crippen LogP contribution in [0.4, 0.5) is 5.69 Å². The Kier molecular flexibility index (Phi) is 4.27. The number of aryl methyl sites for hydroxylation is 1. The molecule has 2 N–H and O–H groups in total. The minimum Gasteiger partial charge on any atom is -0.343 e. The first-order chi connectivity index (χ1) is 10.0. The molecule has 1 unspecified atom stereocenters. The van der Waals surface area contributed by atoms with Crippen molar-refractivity contribution in [3.05, 3.63) is 51.6 Å². The predicted octanol–water partition coefficient (Wildman–Crippen LogP) is 1.77. The largest absolute Gasteiger partial charge is 0.343 e. The first-order valence-electron chi connectivity index (χ1n) is 6.47. The first-order valence-corrected chi connectivity index (χ1v) is 6.47. The number of aromatic nitrogens is 3. The topological polar surface area (TPSA) is 114 Å². The van der Waals surface area contributed by atoms with Crippen LogP contribution in [0.2, 0.25) is 0 Å². The highest BCUT2D eigenvalue weighted by Crippen LogP contribution is 2.19. The van der Waals surface area contributed by atoms with Crippen LogP contribution in [-0.4, -0.2) is 26.0 Å². The number of hydrogen-bond acceptors (Lipinski definition) is 5. The van der Waals surface area contributed by atoms with Gasteiger partial charge in [0.2, 0.25) is 5.82 Å². The number of carbonyl (C=O) groups is 1. The molecule has 0 aliphatic heterocycles. The molecule has 21 heavy (non-hydrogen) atoms. The molecule has 0 bridgehead atoms. The maximum Gasteiger partial charge on any atom is 0.291 e. The lowest BCUT2D eigenvalue weighted by Gasteiger charge is -2.12. The zero-order valence-electron chi connectivity index (χ0n) is 11.7. The second kappa shape index (κ2) is 6.12. The summed E-state index contributed by atoms with van der Waals surface area (Å²) in [4.78, 5) is 26.3. The van der Waals surface area contributed by atoms with Gasteiger partial charge < -0.3 is 5.32 Å². The maximum absolute atomic E-state index is 12.0. The molecule has 2 rings (SSSR count). The van der Waals surface area contributed by atoms with Gasteiger partial charge in [0.15, 0.2) is 0 Å². The van der Waals surface area contributed by atoms with E-state index in [0.717, 1.165) is 0 Å². The Bertz CT molecular complexity index is 667. The summed E-state index contributed by atoms with van der Waals surface area (Å²) in [5.41, 5.74) is 0.628. The third-order valence-corrected chi connectivity index (χ3v) is 3.00. The van der Waals surface area contributed by atoms with E-state index in [-0.39, 0.29) is 17.6 Å². The van der Waals surface area contributed by atoms with Crippen molar-refractivity contribution in [1.29, 1.82) is 0 Å². The normalized spacial score (nSPS) is 11.9. The summed E-state index contributed by atoms with van der Waals surface area (Å²) in [7, 11) is 0. The SMILES string of the molecule is CCc1nc(C(=O)NC(C)c2cccc([N+](=O)[O-])c2)n[nH]1. The summed E-state index contributed by atoms with van der Waals surface area (Å²) in [6, 6.07) is 5.74. The molecule has 0 aliphatic carbocycles. The van der Waals surface area contributed by atoms with Crippen molar-refractivity contribution in [3.63, 3.8) is 0 Å². The molecule has 0 radical (unpaired) electrons. The van der Waals surface area contributed by atoms with Gasteiger partial charge in [0.25, 0.3) is 11.6 Å². The highest BCUT2D eigenvalue weighted by atomic mass is 16.6. The van der Waals surface area contributed by atoms with E-state index in [2.05, 4.69) is 20.5 Å². The monoisotopic (exact) mass is 289 g/mol. The highest BCUT2D eigenvalue weighted by molar-refractivity contribution is 5.90. The average molecular weight is 289 g/mol. The van der Waals surface area contributed by atoms with Crippen LogP contribution in [0.3, 0.4) is 0 Å². The molecule has 1 atom stereocenters. The molecule has 0 aliphatic rings. The standard InChI is InChI=1S/C13H15N5O3/c1-3-11-15-12(17-16-11)13(19)14-8(2)9-5-4-6-10(7-9)18(20)21/h4-8H,3H2,1-2H3,(H,14,19)(H,15,16,17). The smallest absolute Gasteiger partial charge is 0.291 e. The van der Waals surface area contributed by atoms with Crippen LogP contribution < -0.4 is 5.32 Å². The molecule has 0 saturated heterocycles. The van der Waals surface area contributed by atoms with Crippen molar-refractivity contribution in [2.45, 2.75) is 26.3 Å². The third kappa shape index (κ3) is 3.41. The van der Waals surface area contributed by atoms with E-state index in [1.807, 2.05) is 6.92 Å². The summed E-state index contributed by atoms with van der Waals surface area (Å²) in [5, 5.41) is 19.9. The van der Waals surface area contributed by atoms with Gasteiger partial charge >= 0.3 is 0 Å². The second-order valence-corrected chi connectivity index (χ2v) is 4.51. The average Bonchev–Trinajstić information content (AvgIpc) is 2.96. The number of non-ortho nitro benzene ring substituents is 1. The van der Waals surface area contributed by atoms with E-state index in [1.165, 1.54) is 12.1 Å². The molecule has 8 heteroatoms. The van der Waals surface area contributed by atoms with Gasteiger partial charge in [-0.2, -0.15) is 0 Å². The van der Waals surface area contributed by atoms with Gasteiger partial charge in [0, 0.05) is 18.6 Å². The number of amides is 1. The van der Waals surface area contributed by atoms with Crippen LogP contribution in [0.1, 0.15) is 41.9 Å². The summed E-state index contributed by atoms with van der Waals surface area (Å²) < 4.78 is 0. The molecule has 1 aromatic heterocycles. The number of nitrogens with one attached hydrogen (secondary N) is 2. The van der Waals surface area contributed by atoms with E-state index >= 15 is 0 Å². The fraction of sp³-hybridized carbons (Fsp3) is 0.308. The van der Waals surface area contributed by atoms with Gasteiger partial charge in [0.1, 0.15) is 5.82 Å². The molecule has 8 nitrogen and oxygen atoms in total. The number of H-pyrrole nitrogens is 1. The van der Waals surface area contributed by atoms with Crippen LogP contribution >= 0.6 is 0 Å². The van der Waals surface area contributed by atoms with Gasteiger partial charge in [-0.1, -0.05) is 19.1 Å². The summed E-state index contributed by atoms with van der Waals surface area (Å²) in [5.74, 6) is 0.261. The lowest BCUT2D eigenvalue weighted by Crippen LogP contribution is -2.27. The molecule has 2 aromatic rings. The molecule has 1 heterocycles. The first kappa shape index (κ1) is 14.6. The Morgan fingerprint density at radius 3 is 2.90 bits per heavy atom. The molecule has 110 valence electrons. The minimum absolute atomic E-state index is 0.0141. The van der Waals surface area contributed by atoms with Crippen molar-refractivity contribution < 1.29 is 9.72 Å². The molecular formula is C13H15N5O3. The van der Waals surface area contributed by atoms with Crippen molar-refractivity contribution in [3.8, 4) is 0 Å². The van der Waals surface area contributed by atoms with Crippen molar-refractivity contribution >= 4 is 11.6 Å². The number of carbonyl (C=O) groups excluding carboxylic acids is 1. The van der Waals surface area contributed by atoms with Crippen molar-refractivity contribution in [2.75, 3.05) is 0 Å². The zero-order valence-corrected chi connectivity index (χ0v) is 11.7. The van der Waals surface area contributed by atoms with Gasteiger partial charge in [-0.15, -0.1) is 5.10 Å². The second-order valence-electron chi connectivity index (χ2n) is 4.51. The number of benzene rings is 1. The van der Waals surface area contributed by atoms with Crippen molar-refractivity contribution in [1.82, 2.24) is 20.5 Å². The van der Waals surface area contributed by atoms with E-state index in [0.29, 0.717) is 17.8 Å². The highest BCUT2D eigenvalue weighted by Gasteiger charge is 2.17. The lowest BCUT2D eigenvalue weighted by molar-refractivity contribution is -0.384. The fourth-order valence-electron chi connectivity index (χ4n) is 1.81.